The monoisotopic (exact) mass is 374 g/mol. The van der Waals surface area contributed by atoms with Gasteiger partial charge in [0.2, 0.25) is 5.75 Å². The van der Waals surface area contributed by atoms with E-state index in [1.54, 1.807) is 45.2 Å². The van der Waals surface area contributed by atoms with E-state index in [0.717, 1.165) is 5.56 Å². The molecule has 0 saturated carbocycles. The summed E-state index contributed by atoms with van der Waals surface area (Å²) in [5.41, 5.74) is 1.48. The smallest absolute Gasteiger partial charge is 0.203 e. The van der Waals surface area contributed by atoms with Crippen molar-refractivity contribution in [3.63, 3.8) is 0 Å². The summed E-state index contributed by atoms with van der Waals surface area (Å²) in [4.78, 5) is 13.0. The van der Waals surface area contributed by atoms with E-state index in [9.17, 15) is 9.90 Å². The molecule has 1 aliphatic rings. The number of thioether (sulfide) groups is 1. The van der Waals surface area contributed by atoms with E-state index in [-0.39, 0.29) is 11.0 Å². The average Bonchev–Trinajstić information content (AvgIpc) is 3.08. The lowest BCUT2D eigenvalue weighted by molar-refractivity contribution is 0.0756. The van der Waals surface area contributed by atoms with E-state index >= 15 is 0 Å². The molecule has 1 aliphatic heterocycles. The lowest BCUT2D eigenvalue weighted by atomic mass is 9.87. The van der Waals surface area contributed by atoms with Gasteiger partial charge in [0.25, 0.3) is 0 Å². The third-order valence-electron chi connectivity index (χ3n) is 4.56. The van der Waals surface area contributed by atoms with Gasteiger partial charge in [-0.05, 0) is 17.7 Å². The van der Waals surface area contributed by atoms with Gasteiger partial charge in [-0.3, -0.25) is 4.79 Å². The van der Waals surface area contributed by atoms with Crippen molar-refractivity contribution in [3.8, 4) is 17.2 Å². The standard InChI is InChI=1S/C20H22O5S/c1-23-15-9-13(10-16(24-2)19(15)25-3)20-17(14(21)11-26-20)18(22)12-7-5-4-6-8-12/h4-10,14,17,20-21H,11H2,1-3H3/t14-,17+,20+/m1/s1. The Kier molecular flexibility index (Phi) is 5.74. The first kappa shape index (κ1) is 18.6. The van der Waals surface area contributed by atoms with Crippen LogP contribution in [0.25, 0.3) is 0 Å². The number of carbonyl (C=O) groups excluding carboxylic acids is 1. The number of aliphatic hydroxyl groups is 1. The van der Waals surface area contributed by atoms with Gasteiger partial charge >= 0.3 is 0 Å². The zero-order valence-corrected chi connectivity index (χ0v) is 15.8. The minimum Gasteiger partial charge on any atom is -0.493 e. The molecule has 1 saturated heterocycles. The number of ketones is 1. The van der Waals surface area contributed by atoms with E-state index < -0.39 is 12.0 Å². The molecule has 2 aromatic rings. The highest BCUT2D eigenvalue weighted by Gasteiger charge is 2.42. The van der Waals surface area contributed by atoms with Gasteiger partial charge in [-0.25, -0.2) is 0 Å². The molecule has 2 aromatic carbocycles. The first-order chi connectivity index (χ1) is 12.6. The Morgan fingerprint density at radius 2 is 1.65 bits per heavy atom. The first-order valence-electron chi connectivity index (χ1n) is 8.29. The Bertz CT molecular complexity index is 752. The zero-order valence-electron chi connectivity index (χ0n) is 15.0. The number of ether oxygens (including phenoxy) is 3. The van der Waals surface area contributed by atoms with Crippen molar-refractivity contribution in [1.29, 1.82) is 0 Å². The normalized spacial score (nSPS) is 22.1. The van der Waals surface area contributed by atoms with Crippen LogP contribution >= 0.6 is 11.8 Å². The Morgan fingerprint density at radius 3 is 2.19 bits per heavy atom. The fourth-order valence-corrected chi connectivity index (χ4v) is 4.74. The Morgan fingerprint density at radius 1 is 1.04 bits per heavy atom. The van der Waals surface area contributed by atoms with E-state index in [4.69, 9.17) is 14.2 Å². The molecule has 1 fully saturated rings. The molecule has 138 valence electrons. The van der Waals surface area contributed by atoms with Crippen molar-refractivity contribution in [1.82, 2.24) is 0 Å². The lowest BCUT2D eigenvalue weighted by Gasteiger charge is -2.22. The van der Waals surface area contributed by atoms with Crippen LogP contribution in [0.4, 0.5) is 0 Å². The fraction of sp³-hybridized carbons (Fsp3) is 0.350. The number of rotatable bonds is 6. The summed E-state index contributed by atoms with van der Waals surface area (Å²) in [7, 11) is 4.67. The molecule has 26 heavy (non-hydrogen) atoms. The number of methoxy groups -OCH3 is 3. The topological polar surface area (TPSA) is 65.0 Å². The minimum absolute atomic E-state index is 0.0538. The van der Waals surface area contributed by atoms with Crippen molar-refractivity contribution >= 4 is 17.5 Å². The maximum Gasteiger partial charge on any atom is 0.203 e. The summed E-state index contributed by atoms with van der Waals surface area (Å²) in [5, 5.41) is 10.3. The highest BCUT2D eigenvalue weighted by Crippen LogP contribution is 2.49. The van der Waals surface area contributed by atoms with Crippen LogP contribution in [0.5, 0.6) is 17.2 Å². The summed E-state index contributed by atoms with van der Waals surface area (Å²) in [6.07, 6.45) is -0.697. The molecule has 0 amide bonds. The Labute approximate surface area is 157 Å². The molecule has 6 heteroatoms. The van der Waals surface area contributed by atoms with Gasteiger partial charge in [-0.15, -0.1) is 0 Å². The van der Waals surface area contributed by atoms with E-state index in [2.05, 4.69) is 0 Å². The molecule has 0 unspecified atom stereocenters. The van der Waals surface area contributed by atoms with Gasteiger partial charge in [-0.1, -0.05) is 30.3 Å². The molecule has 0 aliphatic carbocycles. The number of hydrogen-bond acceptors (Lipinski definition) is 6. The van der Waals surface area contributed by atoms with Crippen LogP contribution in [0.2, 0.25) is 0 Å². The molecular formula is C20H22O5S. The summed E-state index contributed by atoms with van der Waals surface area (Å²) >= 11 is 1.56. The highest BCUT2D eigenvalue weighted by molar-refractivity contribution is 7.99. The average molecular weight is 374 g/mol. The third-order valence-corrected chi connectivity index (χ3v) is 6.02. The van der Waals surface area contributed by atoms with Crippen LogP contribution in [0.15, 0.2) is 42.5 Å². The highest BCUT2D eigenvalue weighted by atomic mass is 32.2. The second-order valence-electron chi connectivity index (χ2n) is 6.04. The van der Waals surface area contributed by atoms with Crippen LogP contribution in [0.1, 0.15) is 21.2 Å². The number of Topliss-reactive ketones (excluding diaryl/α,β-unsaturated/α-hetero) is 1. The molecule has 1 N–H and O–H groups in total. The van der Waals surface area contributed by atoms with E-state index in [1.807, 2.05) is 30.3 Å². The molecule has 0 bridgehead atoms. The van der Waals surface area contributed by atoms with Crippen molar-refractivity contribution in [2.75, 3.05) is 27.1 Å². The maximum atomic E-state index is 13.0. The fourth-order valence-electron chi connectivity index (χ4n) is 3.29. The minimum atomic E-state index is -0.697. The van der Waals surface area contributed by atoms with Crippen LogP contribution < -0.4 is 14.2 Å². The zero-order chi connectivity index (χ0) is 18.7. The van der Waals surface area contributed by atoms with Gasteiger partial charge in [0.15, 0.2) is 17.3 Å². The quantitative estimate of drug-likeness (QED) is 0.782. The second-order valence-corrected chi connectivity index (χ2v) is 7.21. The van der Waals surface area contributed by atoms with Crippen LogP contribution in [0.3, 0.4) is 0 Å². The summed E-state index contributed by atoms with van der Waals surface area (Å²) < 4.78 is 16.2. The van der Waals surface area contributed by atoms with Crippen molar-refractivity contribution in [3.05, 3.63) is 53.6 Å². The first-order valence-corrected chi connectivity index (χ1v) is 9.34. The van der Waals surface area contributed by atoms with Gasteiger partial charge < -0.3 is 19.3 Å². The van der Waals surface area contributed by atoms with Crippen molar-refractivity contribution in [2.45, 2.75) is 11.4 Å². The predicted octanol–water partition coefficient (Wildman–Crippen LogP) is 3.36. The Hall–Kier alpha value is -2.18. The van der Waals surface area contributed by atoms with Crippen LogP contribution in [-0.4, -0.2) is 44.1 Å². The lowest BCUT2D eigenvalue weighted by Crippen LogP contribution is -2.28. The van der Waals surface area contributed by atoms with Crippen molar-refractivity contribution in [2.24, 2.45) is 5.92 Å². The molecule has 3 atom stereocenters. The number of carbonyl (C=O) groups is 1. The third kappa shape index (κ3) is 3.39. The van der Waals surface area contributed by atoms with Gasteiger partial charge in [0.1, 0.15) is 0 Å². The molecular weight excluding hydrogens is 352 g/mol. The van der Waals surface area contributed by atoms with E-state index in [1.165, 1.54) is 0 Å². The van der Waals surface area contributed by atoms with Crippen molar-refractivity contribution < 1.29 is 24.1 Å². The maximum absolute atomic E-state index is 13.0. The molecule has 5 nitrogen and oxygen atoms in total. The molecule has 0 radical (unpaired) electrons. The van der Waals surface area contributed by atoms with Gasteiger partial charge in [0.05, 0.1) is 33.4 Å². The van der Waals surface area contributed by atoms with Gasteiger partial charge in [-0.2, -0.15) is 11.8 Å². The number of aliphatic hydroxyl groups excluding tert-OH is 1. The SMILES string of the molecule is COc1cc([C@@H]2SC[C@@H](O)[C@H]2C(=O)c2ccccc2)cc(OC)c1OC. The molecule has 0 spiro atoms. The molecule has 0 aromatic heterocycles. The number of benzene rings is 2. The van der Waals surface area contributed by atoms with Gasteiger partial charge in [0, 0.05) is 16.6 Å². The number of hydrogen-bond donors (Lipinski definition) is 1. The summed E-state index contributed by atoms with van der Waals surface area (Å²) in [5.74, 6) is 1.51. The molecule has 1 heterocycles. The molecule has 3 rings (SSSR count). The van der Waals surface area contributed by atoms with E-state index in [0.29, 0.717) is 28.6 Å². The largest absolute Gasteiger partial charge is 0.493 e. The predicted molar refractivity (Wildman–Crippen MR) is 102 cm³/mol. The second kappa shape index (κ2) is 8.01. The van der Waals surface area contributed by atoms with Crippen LogP contribution in [-0.2, 0) is 0 Å². The Balaban J connectivity index is 2.01. The summed E-state index contributed by atoms with van der Waals surface area (Å²) in [6.45, 7) is 0. The van der Waals surface area contributed by atoms with Crippen LogP contribution in [0, 0.1) is 5.92 Å². The summed E-state index contributed by atoms with van der Waals surface area (Å²) in [6, 6.07) is 12.8.